The minimum absolute atomic E-state index is 0.257. The van der Waals surface area contributed by atoms with Gasteiger partial charge in [-0.25, -0.2) is 0 Å². The van der Waals surface area contributed by atoms with Crippen LogP contribution in [0.1, 0.15) is 5.69 Å². The van der Waals surface area contributed by atoms with Gasteiger partial charge < -0.3 is 15.8 Å². The van der Waals surface area contributed by atoms with Gasteiger partial charge >= 0.3 is 0 Å². The summed E-state index contributed by atoms with van der Waals surface area (Å²) in [5, 5.41) is 15.1. The van der Waals surface area contributed by atoms with Crippen molar-refractivity contribution in [3.8, 4) is 5.82 Å². The zero-order valence-corrected chi connectivity index (χ0v) is 10.3. The zero-order valence-electron chi connectivity index (χ0n) is 10.3. The Morgan fingerprint density at radius 3 is 2.89 bits per heavy atom. The summed E-state index contributed by atoms with van der Waals surface area (Å²) in [4.78, 5) is 4.08. The Kier molecular flexibility index (Phi) is 3.68. The van der Waals surface area contributed by atoms with Crippen molar-refractivity contribution < 1.29 is 4.74 Å². The Labute approximate surface area is 104 Å². The Morgan fingerprint density at radius 2 is 2.22 bits per heavy atom. The molecule has 0 aliphatic carbocycles. The smallest absolute Gasteiger partial charge is 0.244 e. The number of hydrogen-bond acceptors (Lipinski definition) is 7. The van der Waals surface area contributed by atoms with Gasteiger partial charge in [-0.15, -0.1) is 10.2 Å². The Balaban J connectivity index is 2.16. The van der Waals surface area contributed by atoms with Crippen LogP contribution in [0.4, 0.5) is 11.9 Å². The minimum Gasteiger partial charge on any atom is -0.383 e. The predicted octanol–water partition coefficient (Wildman–Crippen LogP) is 0.00622. The second kappa shape index (κ2) is 5.41. The highest BCUT2D eigenvalue weighted by molar-refractivity contribution is 5.37. The molecule has 0 aliphatic rings. The summed E-state index contributed by atoms with van der Waals surface area (Å²) in [7, 11) is 1.63. The van der Waals surface area contributed by atoms with Crippen molar-refractivity contribution in [1.82, 2.24) is 25.0 Å². The first kappa shape index (κ1) is 12.2. The van der Waals surface area contributed by atoms with E-state index in [9.17, 15) is 0 Å². The molecule has 8 heteroatoms. The number of aromatic nitrogens is 5. The van der Waals surface area contributed by atoms with Gasteiger partial charge in [0.05, 0.1) is 12.3 Å². The van der Waals surface area contributed by atoms with E-state index >= 15 is 0 Å². The molecule has 2 rings (SSSR count). The maximum absolute atomic E-state index is 5.77. The summed E-state index contributed by atoms with van der Waals surface area (Å²) in [6.07, 6.45) is 0. The van der Waals surface area contributed by atoms with Gasteiger partial charge in [0.25, 0.3) is 0 Å². The molecule has 3 N–H and O–H groups in total. The monoisotopic (exact) mass is 249 g/mol. The normalized spacial score (nSPS) is 10.6. The molecule has 0 atom stereocenters. The molecular formula is C10H15N7O. The van der Waals surface area contributed by atoms with E-state index in [-0.39, 0.29) is 5.95 Å². The van der Waals surface area contributed by atoms with Gasteiger partial charge in [-0.2, -0.15) is 14.8 Å². The van der Waals surface area contributed by atoms with Crippen molar-refractivity contribution in [2.45, 2.75) is 6.92 Å². The fourth-order valence-corrected chi connectivity index (χ4v) is 1.34. The van der Waals surface area contributed by atoms with Crippen molar-refractivity contribution >= 4 is 11.9 Å². The van der Waals surface area contributed by atoms with E-state index in [2.05, 4.69) is 25.6 Å². The van der Waals surface area contributed by atoms with Crippen molar-refractivity contribution in [3.63, 3.8) is 0 Å². The number of nitrogens with two attached hydrogens (primary N) is 1. The Bertz CT molecular complexity index is 507. The minimum atomic E-state index is 0.257. The highest BCUT2D eigenvalue weighted by Crippen LogP contribution is 2.10. The SMILES string of the molecule is COCCNc1nc(N)n(-c2ccc(C)nn2)n1. The number of nitrogens with zero attached hydrogens (tertiary/aromatic N) is 5. The number of rotatable bonds is 5. The van der Waals surface area contributed by atoms with Crippen LogP contribution < -0.4 is 11.1 Å². The second-order valence-electron chi connectivity index (χ2n) is 3.66. The fourth-order valence-electron chi connectivity index (χ4n) is 1.34. The fraction of sp³-hybridized carbons (Fsp3) is 0.400. The average molecular weight is 249 g/mol. The van der Waals surface area contributed by atoms with E-state index in [1.807, 2.05) is 13.0 Å². The molecule has 0 bridgehead atoms. The van der Waals surface area contributed by atoms with Crippen LogP contribution >= 0.6 is 0 Å². The first-order chi connectivity index (χ1) is 8.70. The molecule has 18 heavy (non-hydrogen) atoms. The lowest BCUT2D eigenvalue weighted by molar-refractivity contribution is 0.210. The van der Waals surface area contributed by atoms with Crippen LogP contribution in [0, 0.1) is 6.92 Å². The van der Waals surface area contributed by atoms with Gasteiger partial charge in [-0.05, 0) is 19.1 Å². The molecule has 8 nitrogen and oxygen atoms in total. The zero-order chi connectivity index (χ0) is 13.0. The summed E-state index contributed by atoms with van der Waals surface area (Å²) < 4.78 is 6.35. The van der Waals surface area contributed by atoms with Crippen LogP contribution in [-0.4, -0.2) is 45.2 Å². The topological polar surface area (TPSA) is 104 Å². The van der Waals surface area contributed by atoms with Crippen LogP contribution in [0.25, 0.3) is 5.82 Å². The maximum Gasteiger partial charge on any atom is 0.244 e. The van der Waals surface area contributed by atoms with Gasteiger partial charge in [-0.1, -0.05) is 0 Å². The maximum atomic E-state index is 5.77. The third kappa shape index (κ3) is 2.72. The van der Waals surface area contributed by atoms with Crippen molar-refractivity contribution in [1.29, 1.82) is 0 Å². The summed E-state index contributed by atoms with van der Waals surface area (Å²) in [5.41, 5.74) is 6.60. The molecule has 0 aliphatic heterocycles. The van der Waals surface area contributed by atoms with Crippen LogP contribution in [0.15, 0.2) is 12.1 Å². The van der Waals surface area contributed by atoms with Crippen molar-refractivity contribution in [2.24, 2.45) is 0 Å². The molecule has 0 fully saturated rings. The molecule has 0 radical (unpaired) electrons. The van der Waals surface area contributed by atoms with E-state index in [1.54, 1.807) is 13.2 Å². The highest BCUT2D eigenvalue weighted by Gasteiger charge is 2.09. The summed E-state index contributed by atoms with van der Waals surface area (Å²) in [6, 6.07) is 3.62. The number of anilines is 2. The number of nitrogen functional groups attached to an aromatic ring is 1. The lowest BCUT2D eigenvalue weighted by atomic mass is 10.4. The number of ether oxygens (including phenoxy) is 1. The van der Waals surface area contributed by atoms with E-state index in [1.165, 1.54) is 4.68 Å². The third-order valence-electron chi connectivity index (χ3n) is 2.22. The largest absolute Gasteiger partial charge is 0.383 e. The van der Waals surface area contributed by atoms with Crippen LogP contribution in [0.2, 0.25) is 0 Å². The molecular weight excluding hydrogens is 234 g/mol. The van der Waals surface area contributed by atoms with E-state index in [0.29, 0.717) is 24.9 Å². The number of aryl methyl sites for hydroxylation is 1. The number of hydrogen-bond donors (Lipinski definition) is 2. The van der Waals surface area contributed by atoms with E-state index < -0.39 is 0 Å². The quantitative estimate of drug-likeness (QED) is 0.719. The van der Waals surface area contributed by atoms with Gasteiger partial charge in [0.1, 0.15) is 0 Å². The highest BCUT2D eigenvalue weighted by atomic mass is 16.5. The average Bonchev–Trinajstić information content (AvgIpc) is 2.72. The number of nitrogens with one attached hydrogen (secondary N) is 1. The van der Waals surface area contributed by atoms with Gasteiger partial charge in [0.2, 0.25) is 11.9 Å². The molecule has 2 heterocycles. The molecule has 2 aromatic rings. The van der Waals surface area contributed by atoms with Gasteiger partial charge in [0, 0.05) is 13.7 Å². The molecule has 2 aromatic heterocycles. The van der Waals surface area contributed by atoms with E-state index in [0.717, 1.165) is 5.69 Å². The van der Waals surface area contributed by atoms with Crippen LogP contribution in [0.3, 0.4) is 0 Å². The third-order valence-corrected chi connectivity index (χ3v) is 2.22. The summed E-state index contributed by atoms with van der Waals surface area (Å²) in [6.45, 7) is 3.04. The molecule has 0 saturated heterocycles. The lowest BCUT2D eigenvalue weighted by Gasteiger charge is -2.00. The summed E-state index contributed by atoms with van der Waals surface area (Å²) in [5.74, 6) is 1.23. The predicted molar refractivity (Wildman–Crippen MR) is 66.5 cm³/mol. The first-order valence-electron chi connectivity index (χ1n) is 5.47. The van der Waals surface area contributed by atoms with Crippen molar-refractivity contribution in [2.75, 3.05) is 31.3 Å². The molecule has 0 spiro atoms. The van der Waals surface area contributed by atoms with E-state index in [4.69, 9.17) is 10.5 Å². The first-order valence-corrected chi connectivity index (χ1v) is 5.47. The Morgan fingerprint density at radius 1 is 1.39 bits per heavy atom. The molecule has 0 saturated carbocycles. The molecule has 0 aromatic carbocycles. The van der Waals surface area contributed by atoms with Crippen LogP contribution in [-0.2, 0) is 4.74 Å². The van der Waals surface area contributed by atoms with Crippen molar-refractivity contribution in [3.05, 3.63) is 17.8 Å². The van der Waals surface area contributed by atoms with Crippen LogP contribution in [0.5, 0.6) is 0 Å². The number of methoxy groups -OCH3 is 1. The second-order valence-corrected chi connectivity index (χ2v) is 3.66. The Hall–Kier alpha value is -2.22. The molecule has 0 unspecified atom stereocenters. The van der Waals surface area contributed by atoms with Gasteiger partial charge in [-0.3, -0.25) is 0 Å². The summed E-state index contributed by atoms with van der Waals surface area (Å²) >= 11 is 0. The lowest BCUT2D eigenvalue weighted by Crippen LogP contribution is -2.09. The molecule has 0 amide bonds. The molecule has 96 valence electrons. The van der Waals surface area contributed by atoms with Gasteiger partial charge in [0.15, 0.2) is 5.82 Å². The standard InChI is InChI=1S/C10H15N7O/c1-7-3-4-8(15-14-7)17-9(11)13-10(16-17)12-5-6-18-2/h3-4H,5-6H2,1-2H3,(H3,11,12,13,16).